The summed E-state index contributed by atoms with van der Waals surface area (Å²) in [5.74, 6) is 0.616. The zero-order chi connectivity index (χ0) is 11.5. The van der Waals surface area contributed by atoms with Gasteiger partial charge in [-0.1, -0.05) is 18.6 Å². The van der Waals surface area contributed by atoms with Gasteiger partial charge in [-0.3, -0.25) is 0 Å². The van der Waals surface area contributed by atoms with E-state index in [0.29, 0.717) is 5.92 Å². The summed E-state index contributed by atoms with van der Waals surface area (Å²) in [5.41, 5.74) is 1.50. The van der Waals surface area contributed by atoms with Crippen molar-refractivity contribution >= 4 is 25.3 Å². The molecule has 0 aromatic rings. The van der Waals surface area contributed by atoms with E-state index in [0.717, 1.165) is 12.8 Å². The molecule has 0 spiro atoms. The Morgan fingerprint density at radius 2 is 2.33 bits per heavy atom. The summed E-state index contributed by atoms with van der Waals surface area (Å²) in [4.78, 5) is 0. The van der Waals surface area contributed by atoms with Gasteiger partial charge in [0.25, 0.3) is 0 Å². The van der Waals surface area contributed by atoms with Crippen LogP contribution in [0.1, 0.15) is 39.5 Å². The molecule has 0 fully saturated rings. The summed E-state index contributed by atoms with van der Waals surface area (Å²) in [7, 11) is 0. The van der Waals surface area contributed by atoms with Gasteiger partial charge in [0.15, 0.2) is 0 Å². The average Bonchev–Trinajstić information content (AvgIpc) is 2.17. The summed E-state index contributed by atoms with van der Waals surface area (Å²) >= 11 is 9.11. The van der Waals surface area contributed by atoms with Gasteiger partial charge in [0.05, 0.1) is 6.61 Å². The number of hydrogen-bond donors (Lipinski definition) is 3. The minimum absolute atomic E-state index is 0.00759. The highest BCUT2D eigenvalue weighted by atomic mass is 32.1. The van der Waals surface area contributed by atoms with E-state index in [4.69, 9.17) is 17.7 Å². The first-order chi connectivity index (χ1) is 6.95. The second kappa shape index (κ2) is 5.65. The summed E-state index contributed by atoms with van der Waals surface area (Å²) in [6, 6.07) is 0. The molecule has 15 heavy (non-hydrogen) atoms. The van der Waals surface area contributed by atoms with E-state index in [1.807, 2.05) is 0 Å². The largest absolute Gasteiger partial charge is 0.395 e. The molecule has 1 aliphatic carbocycles. The van der Waals surface area contributed by atoms with Crippen LogP contribution in [0.2, 0.25) is 0 Å². The summed E-state index contributed by atoms with van der Waals surface area (Å²) in [6.07, 6.45) is 6.73. The van der Waals surface area contributed by atoms with Gasteiger partial charge < -0.3 is 5.11 Å². The Labute approximate surface area is 104 Å². The minimum atomic E-state index is -0.00759. The van der Waals surface area contributed by atoms with Gasteiger partial charge in [-0.2, -0.15) is 25.3 Å². The molecule has 1 aliphatic rings. The maximum absolute atomic E-state index is 9.02. The fourth-order valence-corrected chi connectivity index (χ4v) is 3.22. The number of aliphatic hydroxyl groups is 1. The van der Waals surface area contributed by atoms with Gasteiger partial charge in [0.2, 0.25) is 0 Å². The highest BCUT2D eigenvalue weighted by Gasteiger charge is 2.32. The summed E-state index contributed by atoms with van der Waals surface area (Å²) in [6.45, 7) is 4.51. The Bertz CT molecular complexity index is 236. The lowest BCUT2D eigenvalue weighted by molar-refractivity contribution is 0.267. The Balaban J connectivity index is 2.54. The number of hydrogen-bond acceptors (Lipinski definition) is 3. The minimum Gasteiger partial charge on any atom is -0.395 e. The Morgan fingerprint density at radius 1 is 1.67 bits per heavy atom. The number of allylic oxidation sites excluding steroid dienone is 2. The van der Waals surface area contributed by atoms with Crippen LogP contribution in [0.25, 0.3) is 0 Å². The molecule has 0 aromatic heterocycles. The predicted octanol–water partition coefficient (Wildman–Crippen LogP) is 3.10. The van der Waals surface area contributed by atoms with Crippen molar-refractivity contribution in [2.24, 2.45) is 5.92 Å². The van der Waals surface area contributed by atoms with Gasteiger partial charge in [0, 0.05) is 10.00 Å². The standard InChI is InChI=1S/C12H22OS2/c1-9-3-5-10(6-4-9)12(2,15)7-11(14)8-13/h3,10-11,13-15H,4-8H2,1-2H3. The van der Waals surface area contributed by atoms with Crippen LogP contribution in [0.15, 0.2) is 11.6 Å². The zero-order valence-corrected chi connectivity index (χ0v) is 11.4. The van der Waals surface area contributed by atoms with E-state index < -0.39 is 0 Å². The van der Waals surface area contributed by atoms with E-state index >= 15 is 0 Å². The van der Waals surface area contributed by atoms with Crippen LogP contribution in [0.4, 0.5) is 0 Å². The molecular formula is C12H22OS2. The van der Waals surface area contributed by atoms with Gasteiger partial charge in [-0.05, 0) is 38.5 Å². The highest BCUT2D eigenvalue weighted by Crippen LogP contribution is 2.39. The predicted molar refractivity (Wildman–Crippen MR) is 73.0 cm³/mol. The van der Waals surface area contributed by atoms with Crippen molar-refractivity contribution in [3.05, 3.63) is 11.6 Å². The van der Waals surface area contributed by atoms with E-state index in [9.17, 15) is 0 Å². The molecule has 88 valence electrons. The first-order valence-corrected chi connectivity index (χ1v) is 6.59. The Hall–Kier alpha value is 0.400. The van der Waals surface area contributed by atoms with Crippen molar-refractivity contribution in [1.82, 2.24) is 0 Å². The van der Waals surface area contributed by atoms with Crippen LogP contribution in [0.3, 0.4) is 0 Å². The molecule has 1 N–H and O–H groups in total. The smallest absolute Gasteiger partial charge is 0.0548 e. The van der Waals surface area contributed by atoms with E-state index in [2.05, 4.69) is 32.6 Å². The zero-order valence-electron chi connectivity index (χ0n) is 9.61. The van der Waals surface area contributed by atoms with Crippen LogP contribution in [0.5, 0.6) is 0 Å². The third-order valence-electron chi connectivity index (χ3n) is 3.38. The lowest BCUT2D eigenvalue weighted by atomic mass is 9.79. The van der Waals surface area contributed by atoms with Crippen molar-refractivity contribution in [3.63, 3.8) is 0 Å². The molecule has 3 heteroatoms. The van der Waals surface area contributed by atoms with Crippen molar-refractivity contribution in [2.45, 2.75) is 49.5 Å². The third-order valence-corrected chi connectivity index (χ3v) is 4.27. The third kappa shape index (κ3) is 4.04. The average molecular weight is 246 g/mol. The highest BCUT2D eigenvalue weighted by molar-refractivity contribution is 7.82. The van der Waals surface area contributed by atoms with Crippen molar-refractivity contribution in [1.29, 1.82) is 0 Å². The number of rotatable bonds is 4. The lowest BCUT2D eigenvalue weighted by Crippen LogP contribution is -2.33. The normalized spacial score (nSPS) is 28.1. The molecule has 0 saturated heterocycles. The number of thiol groups is 2. The van der Waals surface area contributed by atoms with Crippen molar-refractivity contribution in [2.75, 3.05) is 6.61 Å². The summed E-state index contributed by atoms with van der Waals surface area (Å²) in [5, 5.41) is 9.07. The van der Waals surface area contributed by atoms with Crippen molar-refractivity contribution in [3.8, 4) is 0 Å². The molecular weight excluding hydrogens is 224 g/mol. The fraction of sp³-hybridized carbons (Fsp3) is 0.833. The molecule has 1 rings (SSSR count). The molecule has 3 atom stereocenters. The van der Waals surface area contributed by atoms with E-state index in [1.54, 1.807) is 0 Å². The molecule has 0 aliphatic heterocycles. The molecule has 0 bridgehead atoms. The molecule has 3 unspecified atom stereocenters. The van der Waals surface area contributed by atoms with Crippen LogP contribution in [-0.4, -0.2) is 21.7 Å². The second-order valence-electron chi connectivity index (χ2n) is 4.92. The summed E-state index contributed by atoms with van der Waals surface area (Å²) < 4.78 is -0.00759. The monoisotopic (exact) mass is 246 g/mol. The Morgan fingerprint density at radius 3 is 2.80 bits per heavy atom. The lowest BCUT2D eigenvalue weighted by Gasteiger charge is -2.36. The van der Waals surface area contributed by atoms with Crippen LogP contribution in [-0.2, 0) is 0 Å². The van der Waals surface area contributed by atoms with Crippen LogP contribution >= 0.6 is 25.3 Å². The molecule has 0 saturated carbocycles. The van der Waals surface area contributed by atoms with Gasteiger partial charge in [-0.25, -0.2) is 0 Å². The maximum atomic E-state index is 9.02. The fourth-order valence-electron chi connectivity index (χ4n) is 2.24. The van der Waals surface area contributed by atoms with Gasteiger partial charge in [0.1, 0.15) is 0 Å². The first kappa shape index (κ1) is 13.5. The SMILES string of the molecule is CC1=CCC(C(C)(S)CC(S)CO)CC1. The maximum Gasteiger partial charge on any atom is 0.0548 e. The topological polar surface area (TPSA) is 20.2 Å². The van der Waals surface area contributed by atoms with E-state index in [1.165, 1.54) is 18.4 Å². The van der Waals surface area contributed by atoms with Crippen LogP contribution < -0.4 is 0 Å². The van der Waals surface area contributed by atoms with Gasteiger partial charge >= 0.3 is 0 Å². The van der Waals surface area contributed by atoms with Crippen LogP contribution in [0, 0.1) is 5.92 Å². The molecule has 0 amide bonds. The first-order valence-electron chi connectivity index (χ1n) is 5.62. The number of aliphatic hydroxyl groups excluding tert-OH is 1. The molecule has 0 aromatic carbocycles. The van der Waals surface area contributed by atoms with Crippen molar-refractivity contribution < 1.29 is 5.11 Å². The second-order valence-corrected chi connectivity index (χ2v) is 6.67. The molecule has 1 nitrogen and oxygen atoms in total. The van der Waals surface area contributed by atoms with E-state index in [-0.39, 0.29) is 16.6 Å². The molecule has 0 heterocycles. The van der Waals surface area contributed by atoms with Gasteiger partial charge in [-0.15, -0.1) is 0 Å². The Kier molecular flexibility index (Phi) is 5.07. The molecule has 0 radical (unpaired) electrons. The quantitative estimate of drug-likeness (QED) is 0.514.